The van der Waals surface area contributed by atoms with Crippen molar-refractivity contribution in [1.29, 1.82) is 0 Å². The fraction of sp³-hybridized carbons (Fsp3) is 0.917. The summed E-state index contributed by atoms with van der Waals surface area (Å²) in [6.07, 6.45) is -0.104. The molecule has 0 N–H and O–H groups in total. The van der Waals surface area contributed by atoms with Gasteiger partial charge in [-0.2, -0.15) is 0 Å². The van der Waals surface area contributed by atoms with E-state index in [4.69, 9.17) is 20.2 Å². The zero-order chi connectivity index (χ0) is 15.2. The van der Waals surface area contributed by atoms with Crippen LogP contribution < -0.4 is 0 Å². The predicted octanol–water partition coefficient (Wildman–Crippen LogP) is 1.58. The largest absolute Gasteiger partial charge is 0.444 e. The van der Waals surface area contributed by atoms with E-state index in [1.54, 1.807) is 4.90 Å². The second-order valence-electron chi connectivity index (χ2n) is 6.68. The number of nitrogens with zero attached hydrogens (tertiary/aromatic N) is 1. The number of likely N-dealkylation sites (tertiary alicyclic amines) is 1. The molecule has 0 bridgehead atoms. The zero-order valence-electron chi connectivity index (χ0n) is 11.9. The standard InChI is InChI=1S/C12H20ClNO5S/c1-11(2,3)19-10(15)14-6-12(7-14)4-9(18-8-12)5-20(13,16)17/h9H,4-8H2,1-3H3. The third-order valence-electron chi connectivity index (χ3n) is 3.38. The second-order valence-corrected chi connectivity index (χ2v) is 9.50. The molecule has 20 heavy (non-hydrogen) atoms. The third kappa shape index (κ3) is 3.99. The highest BCUT2D eigenvalue weighted by molar-refractivity contribution is 8.13. The molecule has 0 aromatic carbocycles. The van der Waals surface area contributed by atoms with Crippen LogP contribution in [-0.4, -0.2) is 56.6 Å². The van der Waals surface area contributed by atoms with Gasteiger partial charge in [0.05, 0.1) is 18.5 Å². The van der Waals surface area contributed by atoms with E-state index < -0.39 is 14.7 Å². The molecule has 2 rings (SSSR count). The molecule has 1 spiro atoms. The third-order valence-corrected chi connectivity index (χ3v) is 4.52. The highest BCUT2D eigenvalue weighted by Gasteiger charge is 2.52. The summed E-state index contributed by atoms with van der Waals surface area (Å²) >= 11 is 0. The van der Waals surface area contributed by atoms with E-state index in [1.165, 1.54) is 0 Å². The van der Waals surface area contributed by atoms with Crippen LogP contribution in [0.25, 0.3) is 0 Å². The Hall–Kier alpha value is -0.530. The van der Waals surface area contributed by atoms with Crippen LogP contribution in [0.2, 0.25) is 0 Å². The molecule has 2 heterocycles. The van der Waals surface area contributed by atoms with Gasteiger partial charge in [-0.1, -0.05) is 0 Å². The topological polar surface area (TPSA) is 72.9 Å². The minimum atomic E-state index is -3.55. The summed E-state index contributed by atoms with van der Waals surface area (Å²) in [5, 5.41) is 0. The number of carbonyl (C=O) groups is 1. The van der Waals surface area contributed by atoms with E-state index in [0.717, 1.165) is 0 Å². The molecule has 8 heteroatoms. The summed E-state index contributed by atoms with van der Waals surface area (Å²) in [5.74, 6) is -0.178. The van der Waals surface area contributed by atoms with Crippen molar-refractivity contribution >= 4 is 25.8 Å². The minimum absolute atomic E-state index is 0.136. The van der Waals surface area contributed by atoms with Gasteiger partial charge in [-0.05, 0) is 27.2 Å². The van der Waals surface area contributed by atoms with E-state index in [1.807, 2.05) is 20.8 Å². The van der Waals surface area contributed by atoms with Crippen molar-refractivity contribution < 1.29 is 22.7 Å². The van der Waals surface area contributed by atoms with Crippen LogP contribution in [0.1, 0.15) is 27.2 Å². The fourth-order valence-electron chi connectivity index (χ4n) is 2.66. The Kier molecular flexibility index (Phi) is 3.99. The smallest absolute Gasteiger partial charge is 0.410 e. The maximum absolute atomic E-state index is 11.8. The van der Waals surface area contributed by atoms with Gasteiger partial charge >= 0.3 is 6.09 Å². The first kappa shape index (κ1) is 15.9. The van der Waals surface area contributed by atoms with Crippen LogP contribution in [0.15, 0.2) is 0 Å². The van der Waals surface area contributed by atoms with Crippen LogP contribution in [0.3, 0.4) is 0 Å². The first-order chi connectivity index (χ1) is 8.98. The van der Waals surface area contributed by atoms with Crippen molar-refractivity contribution in [3.8, 4) is 0 Å². The normalized spacial score (nSPS) is 25.6. The Morgan fingerprint density at radius 1 is 1.45 bits per heavy atom. The van der Waals surface area contributed by atoms with Crippen LogP contribution >= 0.6 is 10.7 Å². The van der Waals surface area contributed by atoms with Gasteiger partial charge < -0.3 is 14.4 Å². The molecule has 0 aliphatic carbocycles. The highest BCUT2D eigenvalue weighted by atomic mass is 35.7. The summed E-state index contributed by atoms with van der Waals surface area (Å²) in [4.78, 5) is 13.5. The maximum Gasteiger partial charge on any atom is 0.410 e. The molecular weight excluding hydrogens is 306 g/mol. The lowest BCUT2D eigenvalue weighted by Crippen LogP contribution is -2.59. The highest BCUT2D eigenvalue weighted by Crippen LogP contribution is 2.42. The first-order valence-electron chi connectivity index (χ1n) is 6.50. The first-order valence-corrected chi connectivity index (χ1v) is 8.98. The SMILES string of the molecule is CC(C)(C)OC(=O)N1CC2(COC(CS(=O)(=O)Cl)C2)C1. The predicted molar refractivity (Wildman–Crippen MR) is 74.2 cm³/mol. The van der Waals surface area contributed by atoms with Gasteiger partial charge in [0.1, 0.15) is 5.60 Å². The van der Waals surface area contributed by atoms with Gasteiger partial charge in [-0.15, -0.1) is 0 Å². The van der Waals surface area contributed by atoms with Gasteiger partial charge in [0.25, 0.3) is 0 Å². The van der Waals surface area contributed by atoms with Crippen molar-refractivity contribution in [2.24, 2.45) is 5.41 Å². The Labute approximate surface area is 123 Å². The molecule has 2 saturated heterocycles. The lowest BCUT2D eigenvalue weighted by Gasteiger charge is -2.47. The molecule has 0 saturated carbocycles. The van der Waals surface area contributed by atoms with Gasteiger partial charge in [-0.3, -0.25) is 0 Å². The van der Waals surface area contributed by atoms with Crippen LogP contribution in [0.5, 0.6) is 0 Å². The van der Waals surface area contributed by atoms with Crippen LogP contribution in [0, 0.1) is 5.41 Å². The van der Waals surface area contributed by atoms with E-state index in [9.17, 15) is 13.2 Å². The Bertz CT molecular complexity index is 492. The van der Waals surface area contributed by atoms with Crippen molar-refractivity contribution in [3.05, 3.63) is 0 Å². The zero-order valence-corrected chi connectivity index (χ0v) is 13.5. The number of hydrogen-bond acceptors (Lipinski definition) is 5. The summed E-state index contributed by atoms with van der Waals surface area (Å²) in [6, 6.07) is 0. The summed E-state index contributed by atoms with van der Waals surface area (Å²) in [5.41, 5.74) is -0.648. The molecule has 1 amide bonds. The Balaban J connectivity index is 1.83. The van der Waals surface area contributed by atoms with E-state index in [0.29, 0.717) is 26.1 Å². The summed E-state index contributed by atoms with van der Waals surface area (Å²) in [7, 11) is 1.67. The summed E-state index contributed by atoms with van der Waals surface area (Å²) < 4.78 is 32.8. The Morgan fingerprint density at radius 3 is 2.55 bits per heavy atom. The molecule has 2 aliphatic rings. The average Bonchev–Trinajstić information content (AvgIpc) is 2.53. The van der Waals surface area contributed by atoms with E-state index >= 15 is 0 Å². The number of halogens is 1. The van der Waals surface area contributed by atoms with Crippen molar-refractivity contribution in [1.82, 2.24) is 4.90 Å². The van der Waals surface area contributed by atoms with Crippen molar-refractivity contribution in [3.63, 3.8) is 0 Å². The van der Waals surface area contributed by atoms with Crippen LogP contribution in [-0.2, 0) is 18.5 Å². The molecule has 1 unspecified atom stereocenters. The average molecular weight is 326 g/mol. The minimum Gasteiger partial charge on any atom is -0.444 e. The molecule has 2 fully saturated rings. The molecule has 2 aliphatic heterocycles. The van der Waals surface area contributed by atoms with Gasteiger partial charge in [0.15, 0.2) is 0 Å². The molecule has 1 atom stereocenters. The molecule has 6 nitrogen and oxygen atoms in total. The second kappa shape index (κ2) is 5.03. The van der Waals surface area contributed by atoms with Crippen molar-refractivity contribution in [2.45, 2.75) is 38.9 Å². The number of hydrogen-bond donors (Lipinski definition) is 0. The molecule has 0 radical (unpaired) electrons. The summed E-state index contributed by atoms with van der Waals surface area (Å²) in [6.45, 7) is 7.01. The monoisotopic (exact) mass is 325 g/mol. The lowest BCUT2D eigenvalue weighted by atomic mass is 9.78. The molecule has 0 aromatic heterocycles. The fourth-order valence-corrected chi connectivity index (χ4v) is 3.74. The van der Waals surface area contributed by atoms with Gasteiger partial charge in [0, 0.05) is 29.2 Å². The number of rotatable bonds is 2. The quantitative estimate of drug-likeness (QED) is 0.721. The molecule has 0 aromatic rings. The molecule has 116 valence electrons. The van der Waals surface area contributed by atoms with Crippen LogP contribution in [0.4, 0.5) is 4.79 Å². The van der Waals surface area contributed by atoms with E-state index in [-0.39, 0.29) is 23.4 Å². The van der Waals surface area contributed by atoms with Gasteiger partial charge in [0.2, 0.25) is 9.05 Å². The Morgan fingerprint density at radius 2 is 2.05 bits per heavy atom. The number of carbonyl (C=O) groups excluding carboxylic acids is 1. The van der Waals surface area contributed by atoms with Crippen molar-refractivity contribution in [2.75, 3.05) is 25.4 Å². The lowest BCUT2D eigenvalue weighted by molar-refractivity contribution is -0.0368. The maximum atomic E-state index is 11.8. The number of amides is 1. The van der Waals surface area contributed by atoms with Gasteiger partial charge in [-0.25, -0.2) is 13.2 Å². The van der Waals surface area contributed by atoms with E-state index in [2.05, 4.69) is 0 Å². The molecular formula is C12H20ClNO5S. The number of ether oxygens (including phenoxy) is 2.